The van der Waals surface area contributed by atoms with Crippen LogP contribution in [0, 0.1) is 0 Å². The molecule has 0 fully saturated rings. The molecule has 0 aliphatic rings. The minimum Gasteiger partial charge on any atom is -0.467 e. The van der Waals surface area contributed by atoms with E-state index in [-0.39, 0.29) is 11.9 Å². The van der Waals surface area contributed by atoms with Crippen LogP contribution >= 0.6 is 11.8 Å². The molecular weight excluding hydrogens is 210 g/mol. The minimum absolute atomic E-state index is 0.0201. The monoisotopic (exact) mass is 225 g/mol. The average molecular weight is 225 g/mol. The van der Waals surface area contributed by atoms with Crippen molar-refractivity contribution in [1.29, 1.82) is 0 Å². The zero-order valence-corrected chi connectivity index (χ0v) is 9.95. The third kappa shape index (κ3) is 3.16. The summed E-state index contributed by atoms with van der Waals surface area (Å²) in [6.45, 7) is 1.93. The van der Waals surface area contributed by atoms with Crippen LogP contribution in [0.25, 0.3) is 0 Å². The van der Waals surface area contributed by atoms with Gasteiger partial charge in [0.25, 0.3) is 0 Å². The number of hydrogen-bond acceptors (Lipinski definition) is 3. The standard InChI is InChI=1S/C11H15NO2S/c1-9(10-5-4-7-14-10)12(2)11(13)6-8-15-3/h4-9H,1-3H3/b8-6+. The number of amides is 1. The fourth-order valence-corrected chi connectivity index (χ4v) is 1.41. The topological polar surface area (TPSA) is 33.5 Å². The van der Waals surface area contributed by atoms with E-state index in [4.69, 9.17) is 4.42 Å². The zero-order chi connectivity index (χ0) is 11.3. The van der Waals surface area contributed by atoms with Gasteiger partial charge in [-0.1, -0.05) is 0 Å². The van der Waals surface area contributed by atoms with Crippen LogP contribution in [-0.2, 0) is 4.79 Å². The predicted octanol–water partition coefficient (Wildman–Crippen LogP) is 2.68. The summed E-state index contributed by atoms with van der Waals surface area (Å²) in [7, 11) is 1.76. The SMILES string of the molecule is CS/C=C/C(=O)N(C)C(C)c1ccco1. The van der Waals surface area contributed by atoms with Gasteiger partial charge in [-0.25, -0.2) is 0 Å². The number of hydrogen-bond donors (Lipinski definition) is 0. The lowest BCUT2D eigenvalue weighted by Gasteiger charge is -2.21. The average Bonchev–Trinajstić information content (AvgIpc) is 2.77. The molecule has 0 bridgehead atoms. The molecule has 0 N–H and O–H groups in total. The molecule has 0 aromatic carbocycles. The van der Waals surface area contributed by atoms with E-state index in [9.17, 15) is 4.79 Å². The Hall–Kier alpha value is -1.16. The van der Waals surface area contributed by atoms with Crippen molar-refractivity contribution in [1.82, 2.24) is 4.90 Å². The molecule has 1 aromatic heterocycles. The summed E-state index contributed by atoms with van der Waals surface area (Å²) in [5.41, 5.74) is 0. The third-order valence-electron chi connectivity index (χ3n) is 2.23. The second kappa shape index (κ2) is 5.66. The maximum Gasteiger partial charge on any atom is 0.247 e. The van der Waals surface area contributed by atoms with Gasteiger partial charge < -0.3 is 9.32 Å². The molecule has 3 nitrogen and oxygen atoms in total. The van der Waals surface area contributed by atoms with Gasteiger partial charge in [0.2, 0.25) is 5.91 Å². The van der Waals surface area contributed by atoms with Crippen LogP contribution in [0.5, 0.6) is 0 Å². The molecule has 15 heavy (non-hydrogen) atoms. The van der Waals surface area contributed by atoms with Crippen LogP contribution < -0.4 is 0 Å². The molecule has 0 aliphatic heterocycles. The number of carbonyl (C=O) groups is 1. The summed E-state index contributed by atoms with van der Waals surface area (Å²) < 4.78 is 5.25. The summed E-state index contributed by atoms with van der Waals surface area (Å²) in [5, 5.41) is 1.77. The van der Waals surface area contributed by atoms with Crippen molar-refractivity contribution in [2.45, 2.75) is 13.0 Å². The highest BCUT2D eigenvalue weighted by atomic mass is 32.2. The van der Waals surface area contributed by atoms with Gasteiger partial charge in [-0.05, 0) is 30.7 Å². The maximum absolute atomic E-state index is 11.6. The van der Waals surface area contributed by atoms with Gasteiger partial charge in [-0.3, -0.25) is 4.79 Å². The van der Waals surface area contributed by atoms with Crippen LogP contribution in [0.15, 0.2) is 34.3 Å². The molecule has 1 heterocycles. The van der Waals surface area contributed by atoms with Gasteiger partial charge in [0.05, 0.1) is 12.3 Å². The highest BCUT2D eigenvalue weighted by Crippen LogP contribution is 2.19. The van der Waals surface area contributed by atoms with Crippen molar-refractivity contribution in [2.75, 3.05) is 13.3 Å². The minimum atomic E-state index is -0.0426. The lowest BCUT2D eigenvalue weighted by Crippen LogP contribution is -2.27. The maximum atomic E-state index is 11.6. The molecule has 0 spiro atoms. The number of furan rings is 1. The van der Waals surface area contributed by atoms with Crippen molar-refractivity contribution in [3.8, 4) is 0 Å². The van der Waals surface area contributed by atoms with Crippen molar-refractivity contribution in [2.24, 2.45) is 0 Å². The lowest BCUT2D eigenvalue weighted by atomic mass is 10.2. The summed E-state index contributed by atoms with van der Waals surface area (Å²) in [5.74, 6) is 0.775. The normalized spacial score (nSPS) is 13.0. The Morgan fingerprint density at radius 1 is 1.67 bits per heavy atom. The van der Waals surface area contributed by atoms with E-state index in [2.05, 4.69) is 0 Å². The molecule has 4 heteroatoms. The van der Waals surface area contributed by atoms with E-state index in [1.807, 2.05) is 25.3 Å². The van der Waals surface area contributed by atoms with Gasteiger partial charge >= 0.3 is 0 Å². The Labute approximate surface area is 94.1 Å². The number of likely N-dealkylation sites (N-methyl/N-ethyl adjacent to an activating group) is 1. The van der Waals surface area contributed by atoms with Crippen molar-refractivity contribution in [3.05, 3.63) is 35.6 Å². The summed E-state index contributed by atoms with van der Waals surface area (Å²) in [6, 6.07) is 3.65. The molecule has 1 amide bonds. The van der Waals surface area contributed by atoms with E-state index in [1.54, 1.807) is 29.7 Å². The van der Waals surface area contributed by atoms with Crippen LogP contribution in [0.4, 0.5) is 0 Å². The second-order valence-corrected chi connectivity index (χ2v) is 3.92. The number of nitrogens with zero attached hydrogens (tertiary/aromatic N) is 1. The van der Waals surface area contributed by atoms with Gasteiger partial charge in [-0.2, -0.15) is 0 Å². The Morgan fingerprint density at radius 2 is 2.40 bits per heavy atom. The fraction of sp³-hybridized carbons (Fsp3) is 0.364. The molecule has 1 atom stereocenters. The zero-order valence-electron chi connectivity index (χ0n) is 9.14. The molecule has 1 unspecified atom stereocenters. The summed E-state index contributed by atoms with van der Waals surface area (Å²) in [4.78, 5) is 13.3. The summed E-state index contributed by atoms with van der Waals surface area (Å²) in [6.07, 6.45) is 5.09. The highest BCUT2D eigenvalue weighted by Gasteiger charge is 2.17. The first kappa shape index (κ1) is 11.9. The first-order valence-electron chi connectivity index (χ1n) is 4.66. The van der Waals surface area contributed by atoms with Crippen LogP contribution in [0.2, 0.25) is 0 Å². The Kier molecular flexibility index (Phi) is 4.49. The van der Waals surface area contributed by atoms with Crippen LogP contribution in [-0.4, -0.2) is 24.1 Å². The number of rotatable bonds is 4. The molecule has 0 aliphatic carbocycles. The van der Waals surface area contributed by atoms with Crippen molar-refractivity contribution < 1.29 is 9.21 Å². The molecule has 0 radical (unpaired) electrons. The van der Waals surface area contributed by atoms with Crippen LogP contribution in [0.3, 0.4) is 0 Å². The molecular formula is C11H15NO2S. The van der Waals surface area contributed by atoms with E-state index in [0.717, 1.165) is 5.76 Å². The van der Waals surface area contributed by atoms with Gasteiger partial charge in [0.15, 0.2) is 0 Å². The molecule has 1 rings (SSSR count). The molecule has 0 saturated heterocycles. The molecule has 82 valence electrons. The van der Waals surface area contributed by atoms with E-state index < -0.39 is 0 Å². The fourth-order valence-electron chi connectivity index (χ4n) is 1.15. The highest BCUT2D eigenvalue weighted by molar-refractivity contribution is 8.01. The van der Waals surface area contributed by atoms with Gasteiger partial charge in [-0.15, -0.1) is 11.8 Å². The summed E-state index contributed by atoms with van der Waals surface area (Å²) >= 11 is 1.51. The van der Waals surface area contributed by atoms with E-state index >= 15 is 0 Å². The van der Waals surface area contributed by atoms with Gasteiger partial charge in [0.1, 0.15) is 5.76 Å². The number of thioether (sulfide) groups is 1. The van der Waals surface area contributed by atoms with E-state index in [1.165, 1.54) is 11.8 Å². The quantitative estimate of drug-likeness (QED) is 0.739. The molecule has 1 aromatic rings. The van der Waals surface area contributed by atoms with E-state index in [0.29, 0.717) is 0 Å². The Morgan fingerprint density at radius 3 is 2.93 bits per heavy atom. The van der Waals surface area contributed by atoms with Crippen molar-refractivity contribution >= 4 is 17.7 Å². The predicted molar refractivity (Wildman–Crippen MR) is 62.5 cm³/mol. The smallest absolute Gasteiger partial charge is 0.247 e. The Bertz CT molecular complexity index is 332. The Balaban J connectivity index is 2.64. The molecule has 0 saturated carbocycles. The number of carbonyl (C=O) groups excluding carboxylic acids is 1. The third-order valence-corrected chi connectivity index (χ3v) is 2.64. The van der Waals surface area contributed by atoms with Crippen LogP contribution in [0.1, 0.15) is 18.7 Å². The first-order chi connectivity index (χ1) is 7.16. The van der Waals surface area contributed by atoms with Gasteiger partial charge in [0, 0.05) is 13.1 Å². The van der Waals surface area contributed by atoms with Crippen molar-refractivity contribution in [3.63, 3.8) is 0 Å². The largest absolute Gasteiger partial charge is 0.467 e. The first-order valence-corrected chi connectivity index (χ1v) is 5.95. The lowest BCUT2D eigenvalue weighted by molar-refractivity contribution is -0.126. The second-order valence-electron chi connectivity index (χ2n) is 3.18.